The van der Waals surface area contributed by atoms with Crippen molar-refractivity contribution in [1.29, 1.82) is 0 Å². The lowest BCUT2D eigenvalue weighted by Gasteiger charge is -2.21. The summed E-state index contributed by atoms with van der Waals surface area (Å²) in [5.74, 6) is -1.98. The number of esters is 1. The first kappa shape index (κ1) is 20.1. The lowest BCUT2D eigenvalue weighted by Crippen LogP contribution is -2.25. The number of Topliss-reactive ketones (excluding diaryl/α,β-unsaturated/α-hetero) is 2. The fourth-order valence-corrected chi connectivity index (χ4v) is 4.89. The molecule has 2 aliphatic rings. The third kappa shape index (κ3) is 3.09. The molecule has 1 aliphatic carbocycles. The minimum absolute atomic E-state index is 0.0384. The average molecular weight is 442 g/mol. The molecule has 0 radical (unpaired) electrons. The second kappa shape index (κ2) is 8.01. The first-order chi connectivity index (χ1) is 15.6. The summed E-state index contributed by atoms with van der Waals surface area (Å²) in [6, 6.07) is 19.7. The minimum Gasteiger partial charge on any atom is -0.461 e. The number of carbonyl (C=O) groups is 3. The number of nitrogens with zero attached hydrogens (tertiary/aromatic N) is 2. The van der Waals surface area contributed by atoms with Crippen LogP contribution in [0.3, 0.4) is 0 Å². The Morgan fingerprint density at radius 2 is 1.62 bits per heavy atom. The van der Waals surface area contributed by atoms with E-state index in [9.17, 15) is 14.4 Å². The maximum atomic E-state index is 13.4. The van der Waals surface area contributed by atoms with Crippen molar-refractivity contribution < 1.29 is 19.1 Å². The average Bonchev–Trinajstić information content (AvgIpc) is 3.52. The van der Waals surface area contributed by atoms with Crippen LogP contribution in [0.2, 0.25) is 0 Å². The highest BCUT2D eigenvalue weighted by molar-refractivity contribution is 7.10. The van der Waals surface area contributed by atoms with Gasteiger partial charge in [-0.2, -0.15) is 5.10 Å². The van der Waals surface area contributed by atoms with Gasteiger partial charge in [-0.25, -0.2) is 9.80 Å². The highest BCUT2D eigenvalue weighted by atomic mass is 32.1. The lowest BCUT2D eigenvalue weighted by atomic mass is 9.92. The second-order valence-corrected chi connectivity index (χ2v) is 8.24. The Balaban J connectivity index is 1.78. The first-order valence-corrected chi connectivity index (χ1v) is 11.1. The van der Waals surface area contributed by atoms with Gasteiger partial charge in [0.1, 0.15) is 0 Å². The van der Waals surface area contributed by atoms with E-state index in [0.29, 0.717) is 22.5 Å². The molecule has 0 fully saturated rings. The third-order valence-corrected chi connectivity index (χ3v) is 6.36. The quantitative estimate of drug-likeness (QED) is 0.335. The summed E-state index contributed by atoms with van der Waals surface area (Å²) in [6.07, 6.45) is 0. The Labute approximate surface area is 188 Å². The van der Waals surface area contributed by atoms with Gasteiger partial charge in [0, 0.05) is 16.0 Å². The molecule has 158 valence electrons. The molecule has 0 saturated heterocycles. The van der Waals surface area contributed by atoms with Crippen LogP contribution >= 0.6 is 11.3 Å². The van der Waals surface area contributed by atoms with E-state index in [-0.39, 0.29) is 29.5 Å². The molecule has 2 heterocycles. The zero-order valence-corrected chi connectivity index (χ0v) is 18.0. The zero-order chi connectivity index (χ0) is 22.2. The Hall–Kier alpha value is -3.84. The van der Waals surface area contributed by atoms with Gasteiger partial charge in [-0.3, -0.25) is 9.59 Å². The van der Waals surface area contributed by atoms with Crippen molar-refractivity contribution in [3.8, 4) is 0 Å². The van der Waals surface area contributed by atoms with Gasteiger partial charge in [-0.05, 0) is 30.5 Å². The summed E-state index contributed by atoms with van der Waals surface area (Å²) >= 11 is 1.43. The molecule has 0 saturated carbocycles. The number of fused-ring (bicyclic) bond motifs is 1. The smallest absolute Gasteiger partial charge is 0.355 e. The van der Waals surface area contributed by atoms with Crippen LogP contribution in [-0.2, 0) is 9.53 Å². The van der Waals surface area contributed by atoms with Crippen LogP contribution in [0.4, 0.5) is 5.69 Å². The van der Waals surface area contributed by atoms with Gasteiger partial charge in [0.05, 0.1) is 29.5 Å². The predicted molar refractivity (Wildman–Crippen MR) is 122 cm³/mol. The molecule has 0 amide bonds. The summed E-state index contributed by atoms with van der Waals surface area (Å²) in [6.45, 7) is 1.91. The van der Waals surface area contributed by atoms with E-state index in [0.717, 1.165) is 4.88 Å². The van der Waals surface area contributed by atoms with Crippen molar-refractivity contribution in [1.82, 2.24) is 0 Å². The molecule has 0 spiro atoms. The fourth-order valence-electron chi connectivity index (χ4n) is 4.06. The number of hydrogen-bond acceptors (Lipinski definition) is 7. The van der Waals surface area contributed by atoms with Gasteiger partial charge in [-0.1, -0.05) is 48.5 Å². The normalized spacial score (nSPS) is 17.6. The second-order valence-electron chi connectivity index (χ2n) is 7.27. The van der Waals surface area contributed by atoms with E-state index in [1.807, 2.05) is 47.8 Å². The summed E-state index contributed by atoms with van der Waals surface area (Å²) in [5.41, 5.74) is 1.94. The van der Waals surface area contributed by atoms with Crippen molar-refractivity contribution in [3.63, 3.8) is 0 Å². The molecular formula is C25H18N2O4S. The van der Waals surface area contributed by atoms with Gasteiger partial charge >= 0.3 is 5.97 Å². The van der Waals surface area contributed by atoms with Gasteiger partial charge in [-0.15, -0.1) is 11.3 Å². The number of thiophene rings is 1. The summed E-state index contributed by atoms with van der Waals surface area (Å²) in [5, 5.41) is 8.01. The van der Waals surface area contributed by atoms with Crippen LogP contribution in [0.1, 0.15) is 38.4 Å². The predicted octanol–water partition coefficient (Wildman–Crippen LogP) is 4.60. The van der Waals surface area contributed by atoms with E-state index >= 15 is 0 Å². The highest BCUT2D eigenvalue weighted by Gasteiger charge is 2.46. The Morgan fingerprint density at radius 1 is 0.969 bits per heavy atom. The lowest BCUT2D eigenvalue weighted by molar-refractivity contribution is -0.135. The summed E-state index contributed by atoms with van der Waals surface area (Å²) < 4.78 is 5.28. The van der Waals surface area contributed by atoms with Gasteiger partial charge in [0.25, 0.3) is 0 Å². The Kier molecular flexibility index (Phi) is 5.03. The third-order valence-electron chi connectivity index (χ3n) is 5.42. The van der Waals surface area contributed by atoms with Gasteiger partial charge in [0.2, 0.25) is 0 Å². The van der Waals surface area contributed by atoms with Crippen LogP contribution in [0.25, 0.3) is 0 Å². The zero-order valence-electron chi connectivity index (χ0n) is 17.1. The molecule has 3 aromatic rings. The van der Waals surface area contributed by atoms with E-state index < -0.39 is 11.9 Å². The van der Waals surface area contributed by atoms with Crippen molar-refractivity contribution in [2.24, 2.45) is 5.10 Å². The van der Waals surface area contributed by atoms with E-state index in [2.05, 4.69) is 5.10 Å². The number of carbonyl (C=O) groups excluding carboxylic acids is 3. The monoisotopic (exact) mass is 442 g/mol. The molecule has 2 aromatic carbocycles. The highest BCUT2D eigenvalue weighted by Crippen LogP contribution is 2.44. The molecule has 7 heteroatoms. The van der Waals surface area contributed by atoms with Crippen LogP contribution in [0.15, 0.2) is 88.5 Å². The molecule has 1 aromatic heterocycles. The molecular weight excluding hydrogens is 424 g/mol. The van der Waals surface area contributed by atoms with E-state index in [1.165, 1.54) is 16.3 Å². The van der Waals surface area contributed by atoms with Crippen LogP contribution in [0.5, 0.6) is 0 Å². The maximum absolute atomic E-state index is 13.4. The number of hydrogen-bond donors (Lipinski definition) is 0. The number of ketones is 2. The maximum Gasteiger partial charge on any atom is 0.355 e. The van der Waals surface area contributed by atoms with Crippen molar-refractivity contribution in [2.45, 2.75) is 12.8 Å². The number of anilines is 1. The summed E-state index contributed by atoms with van der Waals surface area (Å²) in [4.78, 5) is 40.5. The van der Waals surface area contributed by atoms with Crippen LogP contribution < -0.4 is 5.01 Å². The minimum atomic E-state index is -0.688. The SMILES string of the molecule is CCOC(=O)C1=NN(c2ccccc2)C(=C2C(=O)c3ccccc3C2=O)[C@@H]1c1cccs1. The first-order valence-electron chi connectivity index (χ1n) is 10.2. The number of allylic oxidation sites excluding steroid dienone is 2. The standard InChI is InChI=1S/C25H18N2O4S/c1-2-31-25(30)21-19(18-13-8-14-32-18)22(27(26-21)15-9-4-3-5-10-15)20-23(28)16-11-6-7-12-17(16)24(20)29/h3-14,19H,2H2,1H3/t19-/m1/s1. The summed E-state index contributed by atoms with van der Waals surface area (Å²) in [7, 11) is 0. The van der Waals surface area contributed by atoms with Crippen LogP contribution in [0, 0.1) is 0 Å². The van der Waals surface area contributed by atoms with Crippen molar-refractivity contribution >= 4 is 40.3 Å². The number of hydrazone groups is 1. The van der Waals surface area contributed by atoms with Gasteiger partial charge < -0.3 is 4.74 Å². The van der Waals surface area contributed by atoms with Crippen LogP contribution in [-0.4, -0.2) is 29.9 Å². The van der Waals surface area contributed by atoms with E-state index in [4.69, 9.17) is 4.74 Å². The number of rotatable bonds is 4. The number of benzene rings is 2. The molecule has 1 atom stereocenters. The topological polar surface area (TPSA) is 76.0 Å². The molecule has 1 aliphatic heterocycles. The largest absolute Gasteiger partial charge is 0.461 e. The Bertz CT molecular complexity index is 1260. The molecule has 6 nitrogen and oxygen atoms in total. The van der Waals surface area contributed by atoms with Crippen molar-refractivity contribution in [2.75, 3.05) is 11.6 Å². The molecule has 0 unspecified atom stereocenters. The molecule has 5 rings (SSSR count). The fraction of sp³-hybridized carbons (Fsp3) is 0.120. The Morgan fingerprint density at radius 3 is 2.22 bits per heavy atom. The molecule has 0 bridgehead atoms. The van der Waals surface area contributed by atoms with E-state index in [1.54, 1.807) is 31.2 Å². The van der Waals surface area contributed by atoms with Crippen molar-refractivity contribution in [3.05, 3.63) is 99.4 Å². The molecule has 0 N–H and O–H groups in total. The number of ether oxygens (including phenoxy) is 1. The number of para-hydroxylation sites is 1. The molecule has 32 heavy (non-hydrogen) atoms. The van der Waals surface area contributed by atoms with Gasteiger partial charge in [0.15, 0.2) is 17.3 Å².